The number of ether oxygens (including phenoxy) is 1. The Morgan fingerprint density at radius 1 is 1.11 bits per heavy atom. The third-order valence-corrected chi connectivity index (χ3v) is 6.06. The average Bonchev–Trinajstić information content (AvgIpc) is 3.45. The summed E-state index contributed by atoms with van der Waals surface area (Å²) in [5.41, 5.74) is 1.67. The number of carbonyl (C=O) groups excluding carboxylic acids is 3. The molecule has 1 aliphatic rings. The first kappa shape index (κ1) is 25.8. The second kappa shape index (κ2) is 9.97. The van der Waals surface area contributed by atoms with E-state index in [1.165, 1.54) is 18.1 Å². The van der Waals surface area contributed by atoms with Crippen LogP contribution in [0.3, 0.4) is 0 Å². The van der Waals surface area contributed by atoms with Crippen molar-refractivity contribution < 1.29 is 28.6 Å². The van der Waals surface area contributed by atoms with Crippen molar-refractivity contribution >= 4 is 34.7 Å². The van der Waals surface area contributed by atoms with Crippen LogP contribution in [-0.4, -0.2) is 29.3 Å². The monoisotopic (exact) mass is 502 g/mol. The number of hydrogen-bond donors (Lipinski definition) is 2. The fourth-order valence-electron chi connectivity index (χ4n) is 4.45. The highest BCUT2D eigenvalue weighted by molar-refractivity contribution is 6.51. The molecule has 0 aliphatic carbocycles. The van der Waals surface area contributed by atoms with Gasteiger partial charge in [0.05, 0.1) is 18.4 Å². The van der Waals surface area contributed by atoms with Crippen LogP contribution in [0.5, 0.6) is 5.75 Å². The zero-order valence-corrected chi connectivity index (χ0v) is 21.5. The average molecular weight is 503 g/mol. The standard InChI is InChI=1S/C29H30N2O6/c1-6-36-22-13-12-18(15-21(22)29(3,4)5)26(33)24-25(23-11-8-14-37-23)31(28(35)27(24)34)20-10-7-9-19(16-20)30-17(2)32/h7-16,25,33H,6H2,1-5H3,(H,30,32)/b26-24-. The van der Waals surface area contributed by atoms with E-state index in [0.29, 0.717) is 35.1 Å². The molecule has 4 rings (SSSR count). The Kier molecular flexibility index (Phi) is 6.94. The summed E-state index contributed by atoms with van der Waals surface area (Å²) in [7, 11) is 0. The molecule has 1 atom stereocenters. The van der Waals surface area contributed by atoms with Gasteiger partial charge in [0, 0.05) is 29.4 Å². The summed E-state index contributed by atoms with van der Waals surface area (Å²) >= 11 is 0. The molecule has 1 aliphatic heterocycles. The van der Waals surface area contributed by atoms with E-state index in [4.69, 9.17) is 9.15 Å². The first-order valence-corrected chi connectivity index (χ1v) is 12.0. The maximum atomic E-state index is 13.4. The lowest BCUT2D eigenvalue weighted by Crippen LogP contribution is -2.29. The maximum absolute atomic E-state index is 13.4. The van der Waals surface area contributed by atoms with Gasteiger partial charge in [0.15, 0.2) is 0 Å². The Hall–Kier alpha value is -4.33. The number of carbonyl (C=O) groups is 3. The molecule has 8 nitrogen and oxygen atoms in total. The second-order valence-electron chi connectivity index (χ2n) is 9.81. The molecule has 0 radical (unpaired) electrons. The van der Waals surface area contributed by atoms with E-state index in [1.807, 2.05) is 27.7 Å². The number of ketones is 1. The normalized spacial score (nSPS) is 17.2. The molecule has 0 spiro atoms. The van der Waals surface area contributed by atoms with E-state index in [1.54, 1.807) is 54.6 Å². The minimum absolute atomic E-state index is 0.0890. The third kappa shape index (κ3) is 5.00. The summed E-state index contributed by atoms with van der Waals surface area (Å²) in [4.78, 5) is 39.6. The van der Waals surface area contributed by atoms with Crippen LogP contribution in [0, 0.1) is 0 Å². The molecule has 1 aromatic heterocycles. The number of amides is 2. The molecule has 0 saturated carbocycles. The summed E-state index contributed by atoms with van der Waals surface area (Å²) in [6.07, 6.45) is 1.44. The molecule has 2 aromatic carbocycles. The van der Waals surface area contributed by atoms with E-state index in [0.717, 1.165) is 5.56 Å². The van der Waals surface area contributed by atoms with Crippen LogP contribution in [0.15, 0.2) is 70.9 Å². The van der Waals surface area contributed by atoms with Crippen LogP contribution < -0.4 is 15.0 Å². The second-order valence-corrected chi connectivity index (χ2v) is 9.81. The number of nitrogens with zero attached hydrogens (tertiary/aromatic N) is 1. The van der Waals surface area contributed by atoms with Gasteiger partial charge < -0.3 is 19.6 Å². The van der Waals surface area contributed by atoms with Crippen LogP contribution >= 0.6 is 0 Å². The van der Waals surface area contributed by atoms with Crippen LogP contribution in [0.2, 0.25) is 0 Å². The molecule has 1 fully saturated rings. The zero-order chi connectivity index (χ0) is 26.9. The Labute approximate surface area is 215 Å². The quantitative estimate of drug-likeness (QED) is 0.259. The zero-order valence-electron chi connectivity index (χ0n) is 21.5. The van der Waals surface area contributed by atoms with E-state index >= 15 is 0 Å². The molecule has 8 heteroatoms. The summed E-state index contributed by atoms with van der Waals surface area (Å²) in [6.45, 7) is 9.83. The molecule has 1 saturated heterocycles. The predicted octanol–water partition coefficient (Wildman–Crippen LogP) is 5.56. The van der Waals surface area contributed by atoms with Gasteiger partial charge in [-0.15, -0.1) is 0 Å². The number of anilines is 2. The molecule has 1 unspecified atom stereocenters. The van der Waals surface area contributed by atoms with Crippen LogP contribution in [0.1, 0.15) is 57.5 Å². The van der Waals surface area contributed by atoms with Gasteiger partial charge in [-0.25, -0.2) is 0 Å². The largest absolute Gasteiger partial charge is 0.507 e. The number of hydrogen-bond acceptors (Lipinski definition) is 6. The predicted molar refractivity (Wildman–Crippen MR) is 141 cm³/mol. The van der Waals surface area contributed by atoms with Crippen molar-refractivity contribution in [3.63, 3.8) is 0 Å². The first-order valence-electron chi connectivity index (χ1n) is 12.0. The van der Waals surface area contributed by atoms with Gasteiger partial charge in [-0.2, -0.15) is 0 Å². The van der Waals surface area contributed by atoms with Gasteiger partial charge in [-0.1, -0.05) is 26.8 Å². The van der Waals surface area contributed by atoms with E-state index < -0.39 is 17.7 Å². The lowest BCUT2D eigenvalue weighted by atomic mass is 9.84. The molecule has 0 bridgehead atoms. The fraction of sp³-hybridized carbons (Fsp3) is 0.276. The SMILES string of the molecule is CCOc1ccc(/C(O)=C2/C(=O)C(=O)N(c3cccc(NC(C)=O)c3)C2c2ccco2)cc1C(C)(C)C. The summed E-state index contributed by atoms with van der Waals surface area (Å²) in [5.74, 6) is -1.24. The summed E-state index contributed by atoms with van der Waals surface area (Å²) < 4.78 is 11.4. The van der Waals surface area contributed by atoms with Gasteiger partial charge in [-0.3, -0.25) is 19.3 Å². The van der Waals surface area contributed by atoms with Gasteiger partial charge >= 0.3 is 0 Å². The Bertz CT molecular complexity index is 1380. The summed E-state index contributed by atoms with van der Waals surface area (Å²) in [5, 5.41) is 14.1. The lowest BCUT2D eigenvalue weighted by molar-refractivity contribution is -0.132. The van der Waals surface area contributed by atoms with Gasteiger partial charge in [0.2, 0.25) is 5.91 Å². The molecule has 3 aromatic rings. The van der Waals surface area contributed by atoms with Crippen molar-refractivity contribution in [2.24, 2.45) is 0 Å². The number of Topliss-reactive ketones (excluding diaryl/α,β-unsaturated/α-hetero) is 1. The Morgan fingerprint density at radius 3 is 2.49 bits per heavy atom. The van der Waals surface area contributed by atoms with E-state index in [2.05, 4.69) is 5.32 Å². The van der Waals surface area contributed by atoms with Crippen LogP contribution in [0.4, 0.5) is 11.4 Å². The molecule has 2 N–H and O–H groups in total. The number of benzene rings is 2. The number of aliphatic hydroxyl groups is 1. The molecule has 2 amide bonds. The first-order chi connectivity index (χ1) is 17.5. The molecular formula is C29H30N2O6. The van der Waals surface area contributed by atoms with E-state index in [-0.39, 0.29) is 22.7 Å². The van der Waals surface area contributed by atoms with Crippen molar-refractivity contribution in [3.8, 4) is 5.75 Å². The van der Waals surface area contributed by atoms with Crippen molar-refractivity contribution in [2.45, 2.75) is 46.1 Å². The number of rotatable bonds is 6. The number of nitrogens with one attached hydrogen (secondary N) is 1. The molecule has 192 valence electrons. The molecule has 2 heterocycles. The smallest absolute Gasteiger partial charge is 0.300 e. The molecular weight excluding hydrogens is 472 g/mol. The van der Waals surface area contributed by atoms with Crippen molar-refractivity contribution in [3.05, 3.63) is 83.3 Å². The topological polar surface area (TPSA) is 109 Å². The van der Waals surface area contributed by atoms with Crippen LogP contribution in [-0.2, 0) is 19.8 Å². The minimum atomic E-state index is -1.01. The number of furan rings is 1. The Morgan fingerprint density at radius 2 is 1.86 bits per heavy atom. The maximum Gasteiger partial charge on any atom is 0.300 e. The molecule has 37 heavy (non-hydrogen) atoms. The van der Waals surface area contributed by atoms with Gasteiger partial charge in [0.1, 0.15) is 23.3 Å². The van der Waals surface area contributed by atoms with E-state index in [9.17, 15) is 19.5 Å². The van der Waals surface area contributed by atoms with Gasteiger partial charge in [0.25, 0.3) is 11.7 Å². The Balaban J connectivity index is 1.89. The van der Waals surface area contributed by atoms with Gasteiger partial charge in [-0.05, 0) is 60.9 Å². The lowest BCUT2D eigenvalue weighted by Gasteiger charge is -2.25. The minimum Gasteiger partial charge on any atom is -0.507 e. The highest BCUT2D eigenvalue weighted by Gasteiger charge is 2.48. The van der Waals surface area contributed by atoms with Crippen molar-refractivity contribution in [1.29, 1.82) is 0 Å². The fourth-order valence-corrected chi connectivity index (χ4v) is 4.45. The van der Waals surface area contributed by atoms with Crippen molar-refractivity contribution in [1.82, 2.24) is 0 Å². The number of aliphatic hydroxyl groups excluding tert-OH is 1. The van der Waals surface area contributed by atoms with Crippen molar-refractivity contribution in [2.75, 3.05) is 16.8 Å². The summed E-state index contributed by atoms with van der Waals surface area (Å²) in [6, 6.07) is 14.1. The van der Waals surface area contributed by atoms with Crippen LogP contribution in [0.25, 0.3) is 5.76 Å². The highest BCUT2D eigenvalue weighted by Crippen LogP contribution is 2.43. The third-order valence-electron chi connectivity index (χ3n) is 6.06. The highest BCUT2D eigenvalue weighted by atomic mass is 16.5.